The van der Waals surface area contributed by atoms with Crippen LogP contribution in [-0.2, 0) is 0 Å². The standard InChI is InChI=1S/C39H23N3O5/c43-34-25-13-15-27-32-28(39(47)42(38(27)46)24-11-5-10-22(18-24)20-6-1-2-7-20)16-14-26(31(25)32)35(44)33(34)36-40-30-17-12-23(21-8-3-4-9-21)19-29(30)37(45)41-36/h1-6,8,10-19,33H,7,9H2,(H,40,41,45). The number of aromatic amines is 1. The molecule has 8 heteroatoms. The van der Waals surface area contributed by atoms with Crippen molar-refractivity contribution >= 4 is 61.9 Å². The summed E-state index contributed by atoms with van der Waals surface area (Å²) in [7, 11) is 0. The number of imide groups is 1. The van der Waals surface area contributed by atoms with E-state index in [0.29, 0.717) is 16.6 Å². The van der Waals surface area contributed by atoms with Crippen molar-refractivity contribution in [3.8, 4) is 0 Å². The number of Topliss-reactive ketones (excluding diaryl/α,β-unsaturated/α-hetero) is 2. The van der Waals surface area contributed by atoms with E-state index in [0.717, 1.165) is 40.0 Å². The average molecular weight is 614 g/mol. The van der Waals surface area contributed by atoms with E-state index >= 15 is 0 Å². The number of nitrogens with one attached hydrogen (secondary N) is 1. The van der Waals surface area contributed by atoms with Crippen LogP contribution in [0.4, 0.5) is 5.69 Å². The lowest BCUT2D eigenvalue weighted by Crippen LogP contribution is -2.41. The van der Waals surface area contributed by atoms with Crippen LogP contribution in [0.1, 0.15) is 77.1 Å². The van der Waals surface area contributed by atoms with Crippen molar-refractivity contribution < 1.29 is 19.2 Å². The van der Waals surface area contributed by atoms with Gasteiger partial charge in [0.2, 0.25) is 0 Å². The molecule has 2 amide bonds. The third-order valence-electron chi connectivity index (χ3n) is 9.47. The van der Waals surface area contributed by atoms with Crippen molar-refractivity contribution in [2.45, 2.75) is 18.8 Å². The van der Waals surface area contributed by atoms with Gasteiger partial charge in [0, 0.05) is 33.0 Å². The van der Waals surface area contributed by atoms with Gasteiger partial charge in [-0.3, -0.25) is 24.0 Å². The minimum atomic E-state index is -1.38. The highest BCUT2D eigenvalue weighted by atomic mass is 16.2. The lowest BCUT2D eigenvalue weighted by molar-refractivity contribution is 0.0843. The van der Waals surface area contributed by atoms with Crippen LogP contribution in [0.25, 0.3) is 32.8 Å². The number of fused-ring (bicyclic) bond motifs is 1. The quantitative estimate of drug-likeness (QED) is 0.178. The van der Waals surface area contributed by atoms with E-state index < -0.39 is 34.9 Å². The van der Waals surface area contributed by atoms with Crippen LogP contribution in [0.15, 0.2) is 108 Å². The number of rotatable bonds is 4. The van der Waals surface area contributed by atoms with Gasteiger partial charge in [0.25, 0.3) is 17.4 Å². The Bertz CT molecular complexity index is 2460. The molecule has 9 rings (SSSR count). The number of ketones is 2. The Hall–Kier alpha value is -6.28. The molecule has 224 valence electrons. The van der Waals surface area contributed by atoms with E-state index in [1.54, 1.807) is 18.2 Å². The fraction of sp³-hybridized carbons (Fsp3) is 0.0769. The summed E-state index contributed by atoms with van der Waals surface area (Å²) >= 11 is 0. The van der Waals surface area contributed by atoms with E-state index in [9.17, 15) is 24.0 Å². The molecule has 8 nitrogen and oxygen atoms in total. The highest BCUT2D eigenvalue weighted by Gasteiger charge is 2.43. The first kappa shape index (κ1) is 27.1. The molecule has 4 aliphatic rings. The molecule has 3 aliphatic carbocycles. The number of hydrogen-bond acceptors (Lipinski definition) is 6. The molecule has 0 unspecified atom stereocenters. The number of carbonyl (C=O) groups is 4. The molecule has 0 spiro atoms. The molecule has 47 heavy (non-hydrogen) atoms. The maximum Gasteiger partial charge on any atom is 0.265 e. The third kappa shape index (κ3) is 3.88. The van der Waals surface area contributed by atoms with Gasteiger partial charge in [-0.25, -0.2) is 9.88 Å². The van der Waals surface area contributed by atoms with Gasteiger partial charge in [-0.2, -0.15) is 0 Å². The van der Waals surface area contributed by atoms with Crippen LogP contribution in [-0.4, -0.2) is 33.3 Å². The average Bonchev–Trinajstić information content (AvgIpc) is 3.82. The number of nitrogens with zero attached hydrogens (tertiary/aromatic N) is 2. The number of aromatic nitrogens is 2. The Labute approximate surface area is 267 Å². The number of anilines is 1. The Morgan fingerprint density at radius 1 is 0.660 bits per heavy atom. The fourth-order valence-corrected chi connectivity index (χ4v) is 7.17. The maximum absolute atomic E-state index is 14.0. The minimum absolute atomic E-state index is 0.0446. The number of amides is 2. The van der Waals surface area contributed by atoms with E-state index in [1.807, 2.05) is 60.7 Å². The summed E-state index contributed by atoms with van der Waals surface area (Å²) in [6.45, 7) is 0. The number of benzene rings is 4. The van der Waals surface area contributed by atoms with Gasteiger partial charge in [-0.15, -0.1) is 0 Å². The van der Waals surface area contributed by atoms with Crippen molar-refractivity contribution in [3.63, 3.8) is 0 Å². The first-order valence-electron chi connectivity index (χ1n) is 15.3. The molecular formula is C39H23N3O5. The fourth-order valence-electron chi connectivity index (χ4n) is 7.17. The monoisotopic (exact) mass is 613 g/mol. The van der Waals surface area contributed by atoms with E-state index in [-0.39, 0.29) is 38.9 Å². The minimum Gasteiger partial charge on any atom is -0.309 e. The highest BCUT2D eigenvalue weighted by Crippen LogP contribution is 2.42. The Balaban J connectivity index is 1.12. The summed E-state index contributed by atoms with van der Waals surface area (Å²) < 4.78 is 0. The normalized spacial score (nSPS) is 17.0. The third-order valence-corrected chi connectivity index (χ3v) is 9.47. The number of carbonyl (C=O) groups excluding carboxylic acids is 4. The summed E-state index contributed by atoms with van der Waals surface area (Å²) in [6, 6.07) is 18.8. The molecule has 0 bridgehead atoms. The van der Waals surface area contributed by atoms with Crippen LogP contribution >= 0.6 is 0 Å². The molecule has 5 aromatic rings. The zero-order valence-corrected chi connectivity index (χ0v) is 24.7. The highest BCUT2D eigenvalue weighted by molar-refractivity contribution is 6.40. The van der Waals surface area contributed by atoms with Gasteiger partial charge in [0.15, 0.2) is 11.6 Å². The number of hydrogen-bond donors (Lipinski definition) is 1. The lowest BCUT2D eigenvalue weighted by atomic mass is 9.76. The van der Waals surface area contributed by atoms with Crippen LogP contribution in [0.5, 0.6) is 0 Å². The number of H-pyrrole nitrogens is 1. The van der Waals surface area contributed by atoms with Crippen LogP contribution in [0, 0.1) is 0 Å². The second-order valence-electron chi connectivity index (χ2n) is 12.1. The Morgan fingerprint density at radius 3 is 1.87 bits per heavy atom. The molecule has 0 atom stereocenters. The smallest absolute Gasteiger partial charge is 0.265 e. The van der Waals surface area contributed by atoms with Crippen LogP contribution in [0.3, 0.4) is 0 Å². The SMILES string of the molecule is O=C1c2ccc3c4c(ccc(c24)C(=O)C1c1nc2ccc(C4=CC=CC4)cc2c(=O)[nH]1)C(=O)N(c1cccc(C2=CC=CC2)c1)C3=O. The molecular weight excluding hydrogens is 590 g/mol. The molecule has 1 aliphatic heterocycles. The first-order chi connectivity index (χ1) is 22.9. The molecule has 1 aromatic heterocycles. The Morgan fingerprint density at radius 2 is 1.26 bits per heavy atom. The second kappa shape index (κ2) is 9.86. The van der Waals surface area contributed by atoms with Crippen LogP contribution < -0.4 is 10.5 Å². The summed E-state index contributed by atoms with van der Waals surface area (Å²) in [5, 5.41) is 0.917. The predicted molar refractivity (Wildman–Crippen MR) is 179 cm³/mol. The van der Waals surface area contributed by atoms with Gasteiger partial charge in [0.1, 0.15) is 11.7 Å². The molecule has 4 aromatic carbocycles. The lowest BCUT2D eigenvalue weighted by Gasteiger charge is -2.30. The first-order valence-corrected chi connectivity index (χ1v) is 15.3. The molecule has 0 radical (unpaired) electrons. The molecule has 0 fully saturated rings. The summed E-state index contributed by atoms with van der Waals surface area (Å²) in [5.74, 6) is -3.60. The van der Waals surface area contributed by atoms with Gasteiger partial charge >= 0.3 is 0 Å². The zero-order chi connectivity index (χ0) is 32.0. The molecule has 1 N–H and O–H groups in total. The number of allylic oxidation sites excluding steroid dienone is 8. The summed E-state index contributed by atoms with van der Waals surface area (Å²) in [6.07, 6.45) is 13.5. The van der Waals surface area contributed by atoms with E-state index in [1.165, 1.54) is 24.3 Å². The largest absolute Gasteiger partial charge is 0.309 e. The van der Waals surface area contributed by atoms with Crippen molar-refractivity contribution in [1.29, 1.82) is 0 Å². The van der Waals surface area contributed by atoms with Gasteiger partial charge in [-0.1, -0.05) is 54.7 Å². The molecule has 0 saturated carbocycles. The van der Waals surface area contributed by atoms with E-state index in [4.69, 9.17) is 0 Å². The predicted octanol–water partition coefficient (Wildman–Crippen LogP) is 6.73. The van der Waals surface area contributed by atoms with Crippen molar-refractivity contribution in [1.82, 2.24) is 9.97 Å². The van der Waals surface area contributed by atoms with Crippen molar-refractivity contribution in [3.05, 3.63) is 153 Å². The topological polar surface area (TPSA) is 117 Å². The van der Waals surface area contributed by atoms with Crippen molar-refractivity contribution in [2.75, 3.05) is 4.90 Å². The second-order valence-corrected chi connectivity index (χ2v) is 12.1. The summed E-state index contributed by atoms with van der Waals surface area (Å²) in [5.41, 5.74) is 5.19. The van der Waals surface area contributed by atoms with Gasteiger partial charge < -0.3 is 4.98 Å². The summed E-state index contributed by atoms with van der Waals surface area (Å²) in [4.78, 5) is 77.7. The molecule has 2 heterocycles. The van der Waals surface area contributed by atoms with Gasteiger partial charge in [-0.05, 0) is 83.6 Å². The van der Waals surface area contributed by atoms with Crippen molar-refractivity contribution in [2.24, 2.45) is 0 Å². The van der Waals surface area contributed by atoms with Crippen LogP contribution in [0.2, 0.25) is 0 Å². The van der Waals surface area contributed by atoms with Gasteiger partial charge in [0.05, 0.1) is 16.6 Å². The van der Waals surface area contributed by atoms with E-state index in [2.05, 4.69) is 9.97 Å². The zero-order valence-electron chi connectivity index (χ0n) is 24.7. The molecule has 0 saturated heterocycles. The maximum atomic E-state index is 14.0. The Kier molecular flexibility index (Phi) is 5.68.